The quantitative estimate of drug-likeness (QED) is 0.879. The van der Waals surface area contributed by atoms with Crippen LogP contribution in [0.15, 0.2) is 33.6 Å². The Bertz CT molecular complexity index is 438. The van der Waals surface area contributed by atoms with Gasteiger partial charge in [-0.1, -0.05) is 35.3 Å². The summed E-state index contributed by atoms with van der Waals surface area (Å²) < 4.78 is 13.6. The number of benzene rings is 1. The molecule has 0 aliphatic heterocycles. The molecule has 0 radical (unpaired) electrons. The van der Waals surface area contributed by atoms with Crippen LogP contribution in [-0.2, 0) is 10.8 Å². The monoisotopic (exact) mass is 343 g/mol. The second kappa shape index (κ2) is 7.55. The van der Waals surface area contributed by atoms with Gasteiger partial charge in [-0.25, -0.2) is 0 Å². The zero-order valence-electron chi connectivity index (χ0n) is 11.4. The SMILES string of the molecule is CCCNC1CCCC(S(=O)c2cccc(Br)c2)C1. The van der Waals surface area contributed by atoms with Crippen molar-refractivity contribution in [2.24, 2.45) is 0 Å². The topological polar surface area (TPSA) is 29.1 Å². The highest BCUT2D eigenvalue weighted by atomic mass is 79.9. The average molecular weight is 344 g/mol. The van der Waals surface area contributed by atoms with Crippen molar-refractivity contribution in [1.29, 1.82) is 0 Å². The first-order valence-corrected chi connectivity index (χ1v) is 9.11. The molecule has 0 bridgehead atoms. The molecule has 1 fully saturated rings. The van der Waals surface area contributed by atoms with Gasteiger partial charge in [0.25, 0.3) is 0 Å². The Labute approximate surface area is 127 Å². The minimum absolute atomic E-state index is 0.303. The molecule has 1 N–H and O–H groups in total. The smallest absolute Gasteiger partial charge is 0.0561 e. The number of hydrogen-bond acceptors (Lipinski definition) is 2. The fraction of sp³-hybridized carbons (Fsp3) is 0.600. The third-order valence-corrected chi connectivity index (χ3v) is 5.89. The van der Waals surface area contributed by atoms with Gasteiger partial charge in [0, 0.05) is 20.7 Å². The predicted octanol–water partition coefficient (Wildman–Crippen LogP) is 3.87. The number of rotatable bonds is 5. The maximum absolute atomic E-state index is 12.6. The summed E-state index contributed by atoms with van der Waals surface area (Å²) in [5, 5.41) is 3.88. The molecular formula is C15H22BrNOS. The molecule has 1 aliphatic carbocycles. The molecule has 1 aromatic rings. The van der Waals surface area contributed by atoms with Crippen LogP contribution < -0.4 is 5.32 Å². The van der Waals surface area contributed by atoms with Gasteiger partial charge in [-0.15, -0.1) is 0 Å². The Kier molecular flexibility index (Phi) is 6.05. The highest BCUT2D eigenvalue weighted by Crippen LogP contribution is 2.27. The van der Waals surface area contributed by atoms with E-state index in [0.29, 0.717) is 11.3 Å². The molecule has 0 heterocycles. The first-order valence-electron chi connectivity index (χ1n) is 7.10. The summed E-state index contributed by atoms with van der Waals surface area (Å²) in [5.41, 5.74) is 0. The van der Waals surface area contributed by atoms with E-state index in [4.69, 9.17) is 0 Å². The van der Waals surface area contributed by atoms with Crippen molar-refractivity contribution in [1.82, 2.24) is 5.32 Å². The Morgan fingerprint density at radius 2 is 2.26 bits per heavy atom. The van der Waals surface area contributed by atoms with Gasteiger partial charge in [0.2, 0.25) is 0 Å². The van der Waals surface area contributed by atoms with E-state index in [1.54, 1.807) is 0 Å². The third-order valence-electron chi connectivity index (χ3n) is 3.64. The second-order valence-electron chi connectivity index (χ2n) is 5.19. The first kappa shape index (κ1) is 15.2. The van der Waals surface area contributed by atoms with Crippen LogP contribution in [0, 0.1) is 0 Å². The average Bonchev–Trinajstić information content (AvgIpc) is 2.44. The molecule has 0 saturated heterocycles. The van der Waals surface area contributed by atoms with Crippen molar-refractivity contribution in [3.8, 4) is 0 Å². The molecule has 4 heteroatoms. The lowest BCUT2D eigenvalue weighted by Gasteiger charge is -2.29. The van der Waals surface area contributed by atoms with Crippen LogP contribution in [0.3, 0.4) is 0 Å². The molecule has 106 valence electrons. The van der Waals surface area contributed by atoms with E-state index < -0.39 is 10.8 Å². The van der Waals surface area contributed by atoms with Gasteiger partial charge in [-0.05, 0) is 50.4 Å². The van der Waals surface area contributed by atoms with E-state index in [9.17, 15) is 4.21 Å². The van der Waals surface area contributed by atoms with Crippen LogP contribution in [0.1, 0.15) is 39.0 Å². The first-order chi connectivity index (χ1) is 9.20. The molecular weight excluding hydrogens is 322 g/mol. The van der Waals surface area contributed by atoms with Gasteiger partial charge < -0.3 is 5.32 Å². The van der Waals surface area contributed by atoms with Gasteiger partial charge >= 0.3 is 0 Å². The summed E-state index contributed by atoms with van der Waals surface area (Å²) >= 11 is 3.45. The van der Waals surface area contributed by atoms with Gasteiger partial charge in [-0.2, -0.15) is 0 Å². The number of halogens is 1. The van der Waals surface area contributed by atoms with E-state index in [0.717, 1.165) is 35.2 Å². The van der Waals surface area contributed by atoms with Crippen molar-refractivity contribution in [2.75, 3.05) is 6.54 Å². The van der Waals surface area contributed by atoms with Crippen molar-refractivity contribution < 1.29 is 4.21 Å². The Hall–Kier alpha value is -0.190. The van der Waals surface area contributed by atoms with Crippen LogP contribution in [-0.4, -0.2) is 22.0 Å². The number of hydrogen-bond donors (Lipinski definition) is 1. The number of nitrogens with one attached hydrogen (secondary N) is 1. The van der Waals surface area contributed by atoms with Crippen LogP contribution in [0.25, 0.3) is 0 Å². The standard InChI is InChI=1S/C15H22BrNOS/c1-2-9-17-13-6-4-8-15(11-13)19(18)14-7-3-5-12(16)10-14/h3,5,7,10,13,15,17H,2,4,6,8-9,11H2,1H3. The zero-order valence-corrected chi connectivity index (χ0v) is 13.8. The summed E-state index contributed by atoms with van der Waals surface area (Å²) in [6, 6.07) is 8.46. The predicted molar refractivity (Wildman–Crippen MR) is 84.9 cm³/mol. The molecule has 0 aromatic heterocycles. The van der Waals surface area contributed by atoms with E-state index in [-0.39, 0.29) is 0 Å². The van der Waals surface area contributed by atoms with Crippen molar-refractivity contribution >= 4 is 26.7 Å². The maximum atomic E-state index is 12.6. The zero-order chi connectivity index (χ0) is 13.7. The lowest BCUT2D eigenvalue weighted by atomic mass is 9.95. The van der Waals surface area contributed by atoms with Crippen molar-refractivity contribution in [2.45, 2.75) is 55.2 Å². The van der Waals surface area contributed by atoms with E-state index >= 15 is 0 Å². The molecule has 1 saturated carbocycles. The largest absolute Gasteiger partial charge is 0.314 e. The van der Waals surface area contributed by atoms with Gasteiger partial charge in [-0.3, -0.25) is 4.21 Å². The van der Waals surface area contributed by atoms with Crippen LogP contribution in [0.5, 0.6) is 0 Å². The Morgan fingerprint density at radius 1 is 1.42 bits per heavy atom. The minimum Gasteiger partial charge on any atom is -0.314 e. The summed E-state index contributed by atoms with van der Waals surface area (Å²) in [4.78, 5) is 0.954. The summed E-state index contributed by atoms with van der Waals surface area (Å²) in [6.07, 6.45) is 5.70. The maximum Gasteiger partial charge on any atom is 0.0561 e. The molecule has 1 aromatic carbocycles. The summed E-state index contributed by atoms with van der Waals surface area (Å²) in [7, 11) is -0.876. The summed E-state index contributed by atoms with van der Waals surface area (Å²) in [6.45, 7) is 3.26. The van der Waals surface area contributed by atoms with Crippen LogP contribution >= 0.6 is 15.9 Å². The van der Waals surface area contributed by atoms with E-state index in [1.165, 1.54) is 12.8 Å². The molecule has 3 unspecified atom stereocenters. The fourth-order valence-corrected chi connectivity index (χ4v) is 4.84. The fourth-order valence-electron chi connectivity index (χ4n) is 2.66. The van der Waals surface area contributed by atoms with Crippen LogP contribution in [0.4, 0.5) is 0 Å². The normalized spacial score (nSPS) is 25.2. The molecule has 1 aliphatic rings. The van der Waals surface area contributed by atoms with Crippen LogP contribution in [0.2, 0.25) is 0 Å². The second-order valence-corrected chi connectivity index (χ2v) is 7.84. The molecule has 2 nitrogen and oxygen atoms in total. The molecule has 19 heavy (non-hydrogen) atoms. The van der Waals surface area contributed by atoms with E-state index in [1.807, 2.05) is 24.3 Å². The van der Waals surface area contributed by atoms with Crippen molar-refractivity contribution in [3.63, 3.8) is 0 Å². The Balaban J connectivity index is 1.99. The van der Waals surface area contributed by atoms with E-state index in [2.05, 4.69) is 28.2 Å². The van der Waals surface area contributed by atoms with Gasteiger partial charge in [0.15, 0.2) is 0 Å². The minimum atomic E-state index is -0.876. The van der Waals surface area contributed by atoms with Gasteiger partial charge in [0.1, 0.15) is 0 Å². The highest BCUT2D eigenvalue weighted by molar-refractivity contribution is 9.10. The Morgan fingerprint density at radius 3 is 3.00 bits per heavy atom. The molecule has 0 amide bonds. The summed E-state index contributed by atoms with van der Waals surface area (Å²) in [5.74, 6) is 0. The van der Waals surface area contributed by atoms with Gasteiger partial charge in [0.05, 0.1) is 10.8 Å². The lowest BCUT2D eigenvalue weighted by Crippen LogP contribution is -2.37. The molecule has 0 spiro atoms. The molecule has 3 atom stereocenters. The molecule has 2 rings (SSSR count). The lowest BCUT2D eigenvalue weighted by molar-refractivity contribution is 0.378. The third kappa shape index (κ3) is 4.40. The van der Waals surface area contributed by atoms with Crippen molar-refractivity contribution in [3.05, 3.63) is 28.7 Å². The highest BCUT2D eigenvalue weighted by Gasteiger charge is 2.26.